The number of hydrogen-bond donors (Lipinski definition) is 2. The Balaban J connectivity index is 1.62. The maximum absolute atomic E-state index is 12.4. The van der Waals surface area contributed by atoms with Crippen molar-refractivity contribution in [2.24, 2.45) is 0 Å². The molecular formula is C23H24N2O6. The van der Waals surface area contributed by atoms with E-state index < -0.39 is 29.9 Å². The van der Waals surface area contributed by atoms with Crippen LogP contribution in [0, 0.1) is 0 Å². The zero-order valence-electron chi connectivity index (χ0n) is 17.3. The Hall–Kier alpha value is -3.68. The van der Waals surface area contributed by atoms with E-state index in [1.54, 1.807) is 0 Å². The molecule has 3 rings (SSSR count). The maximum Gasteiger partial charge on any atom is 0.407 e. The second-order valence-corrected chi connectivity index (χ2v) is 7.19. The van der Waals surface area contributed by atoms with E-state index in [2.05, 4.69) is 15.4 Å². The smallest absolute Gasteiger partial charge is 0.407 e. The molecule has 0 saturated carbocycles. The van der Waals surface area contributed by atoms with Crippen LogP contribution in [0.4, 0.5) is 4.79 Å². The number of imide groups is 1. The van der Waals surface area contributed by atoms with Gasteiger partial charge in [0.05, 0.1) is 7.11 Å². The number of nitrogens with one attached hydrogen (secondary N) is 2. The van der Waals surface area contributed by atoms with Crippen LogP contribution in [-0.2, 0) is 23.9 Å². The Morgan fingerprint density at radius 2 is 1.55 bits per heavy atom. The molecule has 0 bridgehead atoms. The van der Waals surface area contributed by atoms with Crippen molar-refractivity contribution < 1.29 is 28.7 Å². The van der Waals surface area contributed by atoms with Crippen LogP contribution >= 0.6 is 0 Å². The summed E-state index contributed by atoms with van der Waals surface area (Å²) in [6, 6.07) is 14.8. The molecule has 0 saturated heterocycles. The van der Waals surface area contributed by atoms with Crippen molar-refractivity contribution in [2.45, 2.75) is 31.7 Å². The van der Waals surface area contributed by atoms with Crippen molar-refractivity contribution >= 4 is 23.9 Å². The molecule has 8 nitrogen and oxygen atoms in total. The first kappa shape index (κ1) is 22.0. The number of carbonyl (C=O) groups is 4. The van der Waals surface area contributed by atoms with E-state index in [0.717, 1.165) is 22.3 Å². The van der Waals surface area contributed by atoms with Gasteiger partial charge in [-0.2, -0.15) is 0 Å². The van der Waals surface area contributed by atoms with Crippen LogP contribution in [0.3, 0.4) is 0 Å². The number of carbonyl (C=O) groups excluding carboxylic acids is 4. The number of alkyl carbamates (subject to hydrolysis) is 1. The first-order chi connectivity index (χ1) is 14.9. The van der Waals surface area contributed by atoms with Gasteiger partial charge in [-0.25, -0.2) is 9.59 Å². The standard InChI is InChI=1S/C23H24N2O6/c1-14(26)24-21(27)12-11-20(22(28)30-2)25-23(29)31-13-19-17-9-5-3-7-15(17)16-8-4-6-10-18(16)19/h3-10,19-20H,11-13H2,1-2H3,(H,25,29)(H,24,26,27). The van der Waals surface area contributed by atoms with Gasteiger partial charge in [0, 0.05) is 19.3 Å². The summed E-state index contributed by atoms with van der Waals surface area (Å²) in [4.78, 5) is 47.0. The van der Waals surface area contributed by atoms with Gasteiger partial charge in [-0.1, -0.05) is 48.5 Å². The lowest BCUT2D eigenvalue weighted by molar-refractivity contribution is -0.143. The van der Waals surface area contributed by atoms with E-state index >= 15 is 0 Å². The molecule has 1 unspecified atom stereocenters. The van der Waals surface area contributed by atoms with Crippen molar-refractivity contribution in [2.75, 3.05) is 13.7 Å². The average Bonchev–Trinajstić information content (AvgIpc) is 3.08. The van der Waals surface area contributed by atoms with E-state index in [0.29, 0.717) is 0 Å². The van der Waals surface area contributed by atoms with Gasteiger partial charge in [-0.05, 0) is 28.7 Å². The molecule has 8 heteroatoms. The van der Waals surface area contributed by atoms with Gasteiger partial charge in [-0.15, -0.1) is 0 Å². The van der Waals surface area contributed by atoms with Gasteiger partial charge in [0.15, 0.2) is 0 Å². The number of ether oxygens (including phenoxy) is 2. The van der Waals surface area contributed by atoms with Crippen LogP contribution in [0.2, 0.25) is 0 Å². The van der Waals surface area contributed by atoms with Crippen molar-refractivity contribution in [3.05, 3.63) is 59.7 Å². The third-order valence-corrected chi connectivity index (χ3v) is 5.10. The maximum atomic E-state index is 12.4. The van der Waals surface area contributed by atoms with Crippen LogP contribution < -0.4 is 10.6 Å². The van der Waals surface area contributed by atoms with Crippen LogP contribution in [0.5, 0.6) is 0 Å². The summed E-state index contributed by atoms with van der Waals surface area (Å²) in [5.74, 6) is -1.86. The van der Waals surface area contributed by atoms with Gasteiger partial charge < -0.3 is 14.8 Å². The molecule has 1 atom stereocenters. The molecule has 162 valence electrons. The number of benzene rings is 2. The molecule has 0 aliphatic heterocycles. The van der Waals surface area contributed by atoms with E-state index in [-0.39, 0.29) is 25.4 Å². The highest BCUT2D eigenvalue weighted by Crippen LogP contribution is 2.44. The van der Waals surface area contributed by atoms with Gasteiger partial charge in [0.2, 0.25) is 11.8 Å². The van der Waals surface area contributed by atoms with Gasteiger partial charge in [0.1, 0.15) is 12.6 Å². The summed E-state index contributed by atoms with van der Waals surface area (Å²) < 4.78 is 10.1. The Bertz CT molecular complexity index is 958. The van der Waals surface area contributed by atoms with Crippen molar-refractivity contribution in [1.29, 1.82) is 0 Å². The molecular weight excluding hydrogens is 400 g/mol. The predicted octanol–water partition coefficient (Wildman–Crippen LogP) is 2.51. The van der Waals surface area contributed by atoms with Crippen molar-refractivity contribution in [1.82, 2.24) is 10.6 Å². The zero-order valence-corrected chi connectivity index (χ0v) is 17.3. The van der Waals surface area contributed by atoms with Crippen LogP contribution in [-0.4, -0.2) is 43.6 Å². The number of fused-ring (bicyclic) bond motifs is 3. The first-order valence-corrected chi connectivity index (χ1v) is 9.90. The summed E-state index contributed by atoms with van der Waals surface area (Å²) in [5.41, 5.74) is 4.36. The molecule has 1 aliphatic carbocycles. The van der Waals surface area contributed by atoms with E-state index in [1.807, 2.05) is 48.5 Å². The number of amides is 3. The highest BCUT2D eigenvalue weighted by molar-refractivity contribution is 5.94. The quantitative estimate of drug-likeness (QED) is 0.661. The fraction of sp³-hybridized carbons (Fsp3) is 0.304. The number of rotatable bonds is 7. The van der Waals surface area contributed by atoms with E-state index in [9.17, 15) is 19.2 Å². The lowest BCUT2D eigenvalue weighted by Gasteiger charge is -2.18. The zero-order chi connectivity index (χ0) is 22.4. The third-order valence-electron chi connectivity index (χ3n) is 5.10. The minimum absolute atomic E-state index is 0.0318. The molecule has 0 heterocycles. The predicted molar refractivity (Wildman–Crippen MR) is 112 cm³/mol. The summed E-state index contributed by atoms with van der Waals surface area (Å²) >= 11 is 0. The van der Waals surface area contributed by atoms with Gasteiger partial charge >= 0.3 is 12.1 Å². The Kier molecular flexibility index (Phi) is 7.02. The number of hydrogen-bond acceptors (Lipinski definition) is 6. The summed E-state index contributed by atoms with van der Waals surface area (Å²) in [5, 5.41) is 4.56. The fourth-order valence-electron chi connectivity index (χ4n) is 3.71. The summed E-state index contributed by atoms with van der Waals surface area (Å²) in [7, 11) is 1.18. The number of esters is 1. The normalized spacial score (nSPS) is 12.8. The summed E-state index contributed by atoms with van der Waals surface area (Å²) in [6.45, 7) is 1.31. The molecule has 3 amide bonds. The first-order valence-electron chi connectivity index (χ1n) is 9.90. The second kappa shape index (κ2) is 9.88. The minimum Gasteiger partial charge on any atom is -0.467 e. The van der Waals surface area contributed by atoms with E-state index in [4.69, 9.17) is 4.74 Å². The molecule has 1 aliphatic rings. The number of methoxy groups -OCH3 is 1. The molecule has 31 heavy (non-hydrogen) atoms. The molecule has 0 radical (unpaired) electrons. The average molecular weight is 424 g/mol. The monoisotopic (exact) mass is 424 g/mol. The fourth-order valence-corrected chi connectivity index (χ4v) is 3.71. The molecule has 2 aromatic rings. The largest absolute Gasteiger partial charge is 0.467 e. The minimum atomic E-state index is -1.07. The van der Waals surface area contributed by atoms with Crippen LogP contribution in [0.25, 0.3) is 11.1 Å². The topological polar surface area (TPSA) is 111 Å². The Labute approximate surface area is 179 Å². The van der Waals surface area contributed by atoms with Gasteiger partial charge in [0.25, 0.3) is 0 Å². The molecule has 2 aromatic carbocycles. The lowest BCUT2D eigenvalue weighted by atomic mass is 9.98. The Morgan fingerprint density at radius 1 is 0.968 bits per heavy atom. The molecule has 2 N–H and O–H groups in total. The highest BCUT2D eigenvalue weighted by Gasteiger charge is 2.30. The van der Waals surface area contributed by atoms with E-state index in [1.165, 1.54) is 14.0 Å². The SMILES string of the molecule is COC(=O)C(CCC(=O)NC(C)=O)NC(=O)OCC1c2ccccc2-c2ccccc21. The van der Waals surface area contributed by atoms with Crippen molar-refractivity contribution in [3.63, 3.8) is 0 Å². The summed E-state index contributed by atoms with van der Waals surface area (Å²) in [6.07, 6.45) is -0.955. The van der Waals surface area contributed by atoms with Crippen molar-refractivity contribution in [3.8, 4) is 11.1 Å². The molecule has 0 aromatic heterocycles. The third kappa shape index (κ3) is 5.28. The van der Waals surface area contributed by atoms with Crippen LogP contribution in [0.15, 0.2) is 48.5 Å². The Morgan fingerprint density at radius 3 is 2.10 bits per heavy atom. The van der Waals surface area contributed by atoms with Gasteiger partial charge in [-0.3, -0.25) is 14.9 Å². The highest BCUT2D eigenvalue weighted by atomic mass is 16.6. The molecule has 0 spiro atoms. The lowest BCUT2D eigenvalue weighted by Crippen LogP contribution is -2.43. The second-order valence-electron chi connectivity index (χ2n) is 7.19. The molecule has 0 fully saturated rings. The van der Waals surface area contributed by atoms with Crippen LogP contribution in [0.1, 0.15) is 36.8 Å².